The number of nitriles is 1. The third-order valence-corrected chi connectivity index (χ3v) is 6.01. The maximum atomic E-state index is 14.0. The Morgan fingerprint density at radius 1 is 1.05 bits per heavy atom. The van der Waals surface area contributed by atoms with Crippen LogP contribution in [0.1, 0.15) is 24.0 Å². The third kappa shape index (κ3) is 6.83. The Hall–Kier alpha value is -4.05. The fourth-order valence-electron chi connectivity index (χ4n) is 3.88. The van der Waals surface area contributed by atoms with Crippen molar-refractivity contribution >= 4 is 28.6 Å². The minimum absolute atomic E-state index is 0.378. The maximum Gasteiger partial charge on any atom is 0.490 e. The van der Waals surface area contributed by atoms with E-state index in [-0.39, 0.29) is 5.82 Å². The number of carboxylic acid groups (broad SMARTS) is 1. The summed E-state index contributed by atoms with van der Waals surface area (Å²) in [7, 11) is 0. The Kier molecular flexibility index (Phi) is 7.91. The molecule has 0 unspecified atom stereocenters. The Labute approximate surface area is 214 Å². The van der Waals surface area contributed by atoms with Crippen LogP contribution in [0.3, 0.4) is 0 Å². The van der Waals surface area contributed by atoms with E-state index in [0.29, 0.717) is 55.4 Å². The molecule has 2 aliphatic rings. The molecule has 1 saturated carbocycles. The smallest absolute Gasteiger partial charge is 0.475 e. The predicted octanol–water partition coefficient (Wildman–Crippen LogP) is 4.31. The van der Waals surface area contributed by atoms with Crippen molar-refractivity contribution in [3.05, 3.63) is 59.2 Å². The lowest BCUT2D eigenvalue weighted by molar-refractivity contribution is -0.192. The summed E-state index contributed by atoms with van der Waals surface area (Å²) < 4.78 is 59.2. The van der Waals surface area contributed by atoms with Crippen LogP contribution in [0.15, 0.2) is 36.4 Å². The Morgan fingerprint density at radius 2 is 1.74 bits per heavy atom. The van der Waals surface area contributed by atoms with Gasteiger partial charge in [-0.25, -0.2) is 23.5 Å². The molecule has 8 nitrogen and oxygen atoms in total. The van der Waals surface area contributed by atoms with Crippen molar-refractivity contribution in [3.8, 4) is 6.07 Å². The molecule has 0 radical (unpaired) electrons. The van der Waals surface area contributed by atoms with Crippen LogP contribution in [0.2, 0.25) is 0 Å². The van der Waals surface area contributed by atoms with E-state index in [2.05, 4.69) is 21.2 Å². The van der Waals surface area contributed by atoms with E-state index >= 15 is 0 Å². The molecule has 3 aromatic rings. The quantitative estimate of drug-likeness (QED) is 0.467. The first-order valence-corrected chi connectivity index (χ1v) is 11.7. The fraction of sp³-hybridized carbons (Fsp3) is 0.360. The third-order valence-electron chi connectivity index (χ3n) is 6.01. The zero-order chi connectivity index (χ0) is 27.4. The van der Waals surface area contributed by atoms with Gasteiger partial charge in [-0.05, 0) is 49.2 Å². The van der Waals surface area contributed by atoms with Crippen molar-refractivity contribution in [1.82, 2.24) is 14.9 Å². The molecule has 1 saturated heterocycles. The number of nitrogens with one attached hydrogen (secondary N) is 1. The molecule has 2 aromatic carbocycles. The number of carboxylic acids is 1. The number of hydrogen-bond acceptors (Lipinski definition) is 7. The summed E-state index contributed by atoms with van der Waals surface area (Å²) in [6.45, 7) is 3.24. The first-order valence-electron chi connectivity index (χ1n) is 11.7. The number of hydrogen-bond donors (Lipinski definition) is 2. The number of alkyl halides is 3. The van der Waals surface area contributed by atoms with Crippen molar-refractivity contribution in [2.75, 3.05) is 36.4 Å². The highest BCUT2D eigenvalue weighted by Crippen LogP contribution is 2.31. The van der Waals surface area contributed by atoms with Crippen LogP contribution in [-0.2, 0) is 11.3 Å². The Balaban J connectivity index is 0.000000426. The summed E-state index contributed by atoms with van der Waals surface area (Å²) in [6, 6.07) is 11.5. The van der Waals surface area contributed by atoms with Gasteiger partial charge >= 0.3 is 12.1 Å². The minimum atomic E-state index is -5.08. The summed E-state index contributed by atoms with van der Waals surface area (Å²) in [5, 5.41) is 19.8. The van der Waals surface area contributed by atoms with E-state index in [9.17, 15) is 27.2 Å². The average molecular weight is 534 g/mol. The zero-order valence-corrected chi connectivity index (χ0v) is 20.0. The van der Waals surface area contributed by atoms with Crippen LogP contribution >= 0.6 is 0 Å². The van der Waals surface area contributed by atoms with Gasteiger partial charge in [-0.15, -0.1) is 0 Å². The van der Waals surface area contributed by atoms with Crippen LogP contribution in [0.5, 0.6) is 0 Å². The lowest BCUT2D eigenvalue weighted by atomic mass is 10.1. The van der Waals surface area contributed by atoms with Gasteiger partial charge in [0.05, 0.1) is 22.7 Å². The molecule has 2 N–H and O–H groups in total. The van der Waals surface area contributed by atoms with E-state index in [4.69, 9.17) is 19.9 Å². The molecule has 0 atom stereocenters. The molecule has 0 bridgehead atoms. The summed E-state index contributed by atoms with van der Waals surface area (Å²) in [5.74, 6) is -2.00. The van der Waals surface area contributed by atoms with Gasteiger partial charge in [0.15, 0.2) is 11.6 Å². The number of piperazine rings is 1. The lowest BCUT2D eigenvalue weighted by Gasteiger charge is -2.36. The van der Waals surface area contributed by atoms with Gasteiger partial charge in [-0.2, -0.15) is 18.4 Å². The van der Waals surface area contributed by atoms with Crippen LogP contribution in [0.4, 0.5) is 33.6 Å². The van der Waals surface area contributed by atoms with Crippen molar-refractivity contribution < 1.29 is 31.9 Å². The molecule has 5 rings (SSSR count). The van der Waals surface area contributed by atoms with E-state index in [0.717, 1.165) is 36.1 Å². The molecular formula is C25H23F5N6O2. The highest BCUT2D eigenvalue weighted by atomic mass is 19.4. The molecule has 0 amide bonds. The van der Waals surface area contributed by atoms with Crippen LogP contribution in [-0.4, -0.2) is 64.3 Å². The monoisotopic (exact) mass is 534 g/mol. The van der Waals surface area contributed by atoms with E-state index < -0.39 is 18.0 Å². The number of fused-ring (bicyclic) bond motifs is 1. The zero-order valence-electron chi connectivity index (χ0n) is 20.0. The van der Waals surface area contributed by atoms with Crippen molar-refractivity contribution in [3.63, 3.8) is 0 Å². The summed E-state index contributed by atoms with van der Waals surface area (Å²) in [4.78, 5) is 22.8. The highest BCUT2D eigenvalue weighted by molar-refractivity contribution is 5.82. The number of benzene rings is 2. The van der Waals surface area contributed by atoms with E-state index in [1.165, 1.54) is 12.1 Å². The average Bonchev–Trinajstić information content (AvgIpc) is 3.70. The first-order chi connectivity index (χ1) is 18.0. The van der Waals surface area contributed by atoms with E-state index in [1.54, 1.807) is 12.1 Å². The van der Waals surface area contributed by atoms with Gasteiger partial charge in [-0.1, -0.05) is 0 Å². The first kappa shape index (κ1) is 27.0. The highest BCUT2D eigenvalue weighted by Gasteiger charge is 2.38. The number of rotatable bonds is 5. The Bertz CT molecular complexity index is 1360. The number of halogens is 5. The van der Waals surface area contributed by atoms with Gasteiger partial charge < -0.3 is 15.3 Å². The van der Waals surface area contributed by atoms with Crippen LogP contribution in [0.25, 0.3) is 11.0 Å². The SMILES string of the molecule is N#Cc1ccc2nc(N3CCN(Cc4cc(F)ccc4F)CC3)c(NC3CC3)nc2c1.O=C(O)C(F)(F)F. The number of aromatic nitrogens is 2. The minimum Gasteiger partial charge on any atom is -0.475 e. The standard InChI is InChI=1S/C23H22F2N6.C2HF3O2/c24-17-2-5-19(25)16(12-17)14-30-7-9-31(10-8-30)23-22(27-18-3-4-18)28-21-11-15(13-26)1-6-20(21)29-23;3-2(4,5)1(6)7/h1-2,5-6,11-12,18H,3-4,7-10,14H2,(H,27,28);(H,6,7). The molecule has 1 aliphatic carbocycles. The molecule has 2 fully saturated rings. The summed E-state index contributed by atoms with van der Waals surface area (Å²) >= 11 is 0. The maximum absolute atomic E-state index is 14.0. The van der Waals surface area contributed by atoms with Crippen LogP contribution in [0, 0.1) is 23.0 Å². The topological polar surface area (TPSA) is 105 Å². The molecule has 200 valence electrons. The normalized spacial score (nSPS) is 15.9. The van der Waals surface area contributed by atoms with Crippen molar-refractivity contribution in [2.45, 2.75) is 31.6 Å². The second-order valence-electron chi connectivity index (χ2n) is 8.93. The molecule has 2 heterocycles. The van der Waals surface area contributed by atoms with E-state index in [1.807, 2.05) is 6.07 Å². The summed E-state index contributed by atoms with van der Waals surface area (Å²) in [6.07, 6.45) is -2.85. The molecule has 13 heteroatoms. The molecule has 0 spiro atoms. The number of nitrogens with zero attached hydrogens (tertiary/aromatic N) is 5. The van der Waals surface area contributed by atoms with Gasteiger partial charge in [0, 0.05) is 44.3 Å². The molecule has 38 heavy (non-hydrogen) atoms. The van der Waals surface area contributed by atoms with Gasteiger partial charge in [0.1, 0.15) is 11.6 Å². The van der Waals surface area contributed by atoms with Crippen molar-refractivity contribution in [2.24, 2.45) is 0 Å². The fourth-order valence-corrected chi connectivity index (χ4v) is 3.88. The largest absolute Gasteiger partial charge is 0.490 e. The number of carbonyl (C=O) groups is 1. The van der Waals surface area contributed by atoms with Crippen LogP contribution < -0.4 is 10.2 Å². The predicted molar refractivity (Wildman–Crippen MR) is 128 cm³/mol. The lowest BCUT2D eigenvalue weighted by Crippen LogP contribution is -2.46. The second kappa shape index (κ2) is 11.1. The molecular weight excluding hydrogens is 511 g/mol. The van der Waals surface area contributed by atoms with Crippen molar-refractivity contribution in [1.29, 1.82) is 5.26 Å². The summed E-state index contributed by atoms with van der Waals surface area (Å²) in [5.41, 5.74) is 2.39. The van der Waals surface area contributed by atoms with Gasteiger partial charge in [0.2, 0.25) is 0 Å². The van der Waals surface area contributed by atoms with Gasteiger partial charge in [-0.3, -0.25) is 4.90 Å². The number of aliphatic carboxylic acids is 1. The number of anilines is 2. The molecule has 1 aromatic heterocycles. The second-order valence-corrected chi connectivity index (χ2v) is 8.93. The Morgan fingerprint density at radius 3 is 2.34 bits per heavy atom. The van der Waals surface area contributed by atoms with Gasteiger partial charge in [0.25, 0.3) is 0 Å². The molecule has 1 aliphatic heterocycles.